The topological polar surface area (TPSA) is 27.7 Å². The molecule has 3 heterocycles. The fourth-order valence-corrected chi connectivity index (χ4v) is 7.84. The Hall–Kier alpha value is -3.84. The molecule has 6 aromatic rings. The van der Waals surface area contributed by atoms with E-state index in [1.54, 1.807) is 44.0 Å². The largest absolute Gasteiger partial charge is 0.497 e. The van der Waals surface area contributed by atoms with Crippen LogP contribution in [-0.2, 0) is 0 Å². The van der Waals surface area contributed by atoms with Crippen molar-refractivity contribution in [3.8, 4) is 70.1 Å². The first-order valence-corrected chi connectivity index (χ1v) is 15.0. The maximum Gasteiger partial charge on any atom is 0.118 e. The third-order valence-corrected chi connectivity index (χ3v) is 10.0. The summed E-state index contributed by atoms with van der Waals surface area (Å²) in [5, 5.41) is 4.41. The summed E-state index contributed by atoms with van der Waals surface area (Å²) in [5.74, 6) is 2.58. The van der Waals surface area contributed by atoms with Gasteiger partial charge >= 0.3 is 0 Å². The smallest absolute Gasteiger partial charge is 0.118 e. The Kier molecular flexibility index (Phi) is 7.24. The maximum atomic E-state index is 5.42. The summed E-state index contributed by atoms with van der Waals surface area (Å²) in [6, 6.07) is 31.7. The van der Waals surface area contributed by atoms with Gasteiger partial charge in [0.25, 0.3) is 0 Å². The van der Waals surface area contributed by atoms with Gasteiger partial charge in [0, 0.05) is 20.9 Å². The molecule has 0 bridgehead atoms. The highest BCUT2D eigenvalue weighted by molar-refractivity contribution is 7.26. The van der Waals surface area contributed by atoms with E-state index in [9.17, 15) is 0 Å². The lowest BCUT2D eigenvalue weighted by molar-refractivity contribution is 0.415. The van der Waals surface area contributed by atoms with Crippen LogP contribution in [0.1, 0.15) is 0 Å². The summed E-state index contributed by atoms with van der Waals surface area (Å²) >= 11 is 5.42. The molecule has 0 saturated carbocycles. The number of hydrogen-bond donors (Lipinski definition) is 0. The van der Waals surface area contributed by atoms with E-state index in [4.69, 9.17) is 14.2 Å². The molecule has 0 N–H and O–H groups in total. The molecule has 0 aliphatic heterocycles. The molecule has 0 saturated heterocycles. The molecule has 0 atom stereocenters. The van der Waals surface area contributed by atoms with Crippen LogP contribution in [0.5, 0.6) is 17.2 Å². The second-order valence-corrected chi connectivity index (χ2v) is 11.8. The van der Waals surface area contributed by atoms with E-state index in [0.717, 1.165) is 17.2 Å². The van der Waals surface area contributed by atoms with E-state index in [-0.39, 0.29) is 0 Å². The standard InChI is InChI=1S/C33H26O3S3/c1-34-25-10-4-21(5-11-25)24-18-30(38-20-24)33-29(23-8-14-27(36-3)15-9-23)19-31(39-33)32-28(16-17-37-32)22-6-12-26(35-2)13-7-22/h4-20H,1-3H3. The van der Waals surface area contributed by atoms with E-state index < -0.39 is 0 Å². The lowest BCUT2D eigenvalue weighted by Crippen LogP contribution is -1.83. The second-order valence-electron chi connectivity index (χ2n) is 8.90. The van der Waals surface area contributed by atoms with Crippen LogP contribution in [0.2, 0.25) is 0 Å². The van der Waals surface area contributed by atoms with Crippen molar-refractivity contribution in [2.75, 3.05) is 21.3 Å². The van der Waals surface area contributed by atoms with E-state index in [1.165, 1.54) is 52.9 Å². The Balaban J connectivity index is 1.44. The number of rotatable bonds is 8. The molecular formula is C33H26O3S3. The molecule has 194 valence electrons. The zero-order valence-electron chi connectivity index (χ0n) is 21.8. The molecule has 0 aliphatic carbocycles. The fourth-order valence-electron chi connectivity index (χ4n) is 4.56. The molecule has 3 aromatic carbocycles. The van der Waals surface area contributed by atoms with Crippen LogP contribution in [0.25, 0.3) is 52.9 Å². The van der Waals surface area contributed by atoms with Crippen molar-refractivity contribution in [3.63, 3.8) is 0 Å². The molecule has 3 aromatic heterocycles. The number of hydrogen-bond acceptors (Lipinski definition) is 6. The van der Waals surface area contributed by atoms with Gasteiger partial charge in [-0.15, -0.1) is 34.0 Å². The van der Waals surface area contributed by atoms with Crippen LogP contribution in [0.3, 0.4) is 0 Å². The Labute approximate surface area is 240 Å². The van der Waals surface area contributed by atoms with E-state index in [0.29, 0.717) is 0 Å². The first-order valence-electron chi connectivity index (χ1n) is 12.4. The molecule has 0 unspecified atom stereocenters. The predicted molar refractivity (Wildman–Crippen MR) is 167 cm³/mol. The third-order valence-electron chi connectivity index (χ3n) is 6.67. The summed E-state index contributed by atoms with van der Waals surface area (Å²) < 4.78 is 16.1. The van der Waals surface area contributed by atoms with Gasteiger partial charge in [-0.3, -0.25) is 0 Å². The molecule has 6 heteroatoms. The molecule has 0 aliphatic rings. The van der Waals surface area contributed by atoms with E-state index >= 15 is 0 Å². The van der Waals surface area contributed by atoms with Gasteiger partial charge in [0.15, 0.2) is 0 Å². The number of thiophene rings is 3. The summed E-state index contributed by atoms with van der Waals surface area (Å²) in [6.45, 7) is 0. The van der Waals surface area contributed by atoms with Crippen LogP contribution in [-0.4, -0.2) is 21.3 Å². The first kappa shape index (κ1) is 25.4. The second kappa shape index (κ2) is 11.1. The number of methoxy groups -OCH3 is 3. The Morgan fingerprint density at radius 2 is 1.00 bits per heavy atom. The highest BCUT2D eigenvalue weighted by Gasteiger charge is 2.19. The minimum absolute atomic E-state index is 0.855. The van der Waals surface area contributed by atoms with Crippen molar-refractivity contribution < 1.29 is 14.2 Å². The summed E-state index contributed by atoms with van der Waals surface area (Å²) in [5.41, 5.74) is 7.22. The highest BCUT2D eigenvalue weighted by atomic mass is 32.1. The van der Waals surface area contributed by atoms with Crippen LogP contribution in [0.4, 0.5) is 0 Å². The Morgan fingerprint density at radius 3 is 1.56 bits per heavy atom. The molecule has 0 spiro atoms. The molecule has 6 rings (SSSR count). The number of ether oxygens (including phenoxy) is 3. The monoisotopic (exact) mass is 566 g/mol. The van der Waals surface area contributed by atoms with Crippen LogP contribution in [0.15, 0.2) is 102 Å². The first-order chi connectivity index (χ1) is 19.2. The van der Waals surface area contributed by atoms with Crippen molar-refractivity contribution >= 4 is 34.0 Å². The molecule has 0 fully saturated rings. The predicted octanol–water partition coefficient (Wildman–Crippen LogP) is 10.2. The lowest BCUT2D eigenvalue weighted by Gasteiger charge is -2.05. The zero-order valence-corrected chi connectivity index (χ0v) is 24.2. The minimum Gasteiger partial charge on any atom is -0.497 e. The van der Waals surface area contributed by atoms with Gasteiger partial charge in [0.2, 0.25) is 0 Å². The third kappa shape index (κ3) is 5.11. The Bertz CT molecular complexity index is 1690. The molecule has 0 amide bonds. The van der Waals surface area contributed by atoms with Gasteiger partial charge in [0.05, 0.1) is 31.1 Å². The average molecular weight is 567 g/mol. The van der Waals surface area contributed by atoms with Crippen molar-refractivity contribution in [2.45, 2.75) is 0 Å². The molecular weight excluding hydrogens is 541 g/mol. The number of benzene rings is 3. The minimum atomic E-state index is 0.855. The average Bonchev–Trinajstić information content (AvgIpc) is 3.77. The van der Waals surface area contributed by atoms with Gasteiger partial charge in [0.1, 0.15) is 17.2 Å². The van der Waals surface area contributed by atoms with E-state index in [1.807, 2.05) is 47.7 Å². The normalized spacial score (nSPS) is 10.9. The summed E-state index contributed by atoms with van der Waals surface area (Å²) in [7, 11) is 5.09. The van der Waals surface area contributed by atoms with Gasteiger partial charge in [-0.2, -0.15) is 0 Å². The van der Waals surface area contributed by atoms with E-state index in [2.05, 4.69) is 65.4 Å². The highest BCUT2D eigenvalue weighted by Crippen LogP contribution is 2.49. The SMILES string of the molecule is COc1ccc(-c2csc(-c3sc(-c4sccc4-c4ccc(OC)cc4)cc3-c3ccc(OC)cc3)c2)cc1. The molecule has 3 nitrogen and oxygen atoms in total. The van der Waals surface area contributed by atoms with Gasteiger partial charge in [-0.25, -0.2) is 0 Å². The Morgan fingerprint density at radius 1 is 0.462 bits per heavy atom. The summed E-state index contributed by atoms with van der Waals surface area (Å²) in [6.07, 6.45) is 0. The molecule has 39 heavy (non-hydrogen) atoms. The van der Waals surface area contributed by atoms with Crippen molar-refractivity contribution in [1.82, 2.24) is 0 Å². The maximum absolute atomic E-state index is 5.42. The van der Waals surface area contributed by atoms with Crippen molar-refractivity contribution in [2.24, 2.45) is 0 Å². The summed E-state index contributed by atoms with van der Waals surface area (Å²) in [4.78, 5) is 5.06. The van der Waals surface area contributed by atoms with Crippen LogP contribution < -0.4 is 14.2 Å². The van der Waals surface area contributed by atoms with Crippen LogP contribution >= 0.6 is 34.0 Å². The van der Waals surface area contributed by atoms with Gasteiger partial charge in [-0.1, -0.05) is 36.4 Å². The fraction of sp³-hybridized carbons (Fsp3) is 0.0909. The van der Waals surface area contributed by atoms with Crippen LogP contribution in [0, 0.1) is 0 Å². The quantitative estimate of drug-likeness (QED) is 0.183. The van der Waals surface area contributed by atoms with Crippen molar-refractivity contribution in [3.05, 3.63) is 102 Å². The van der Waals surface area contributed by atoms with Gasteiger partial charge in [-0.05, 0) is 87.6 Å². The van der Waals surface area contributed by atoms with Gasteiger partial charge < -0.3 is 14.2 Å². The molecule has 0 radical (unpaired) electrons. The lowest BCUT2D eigenvalue weighted by atomic mass is 10.0. The zero-order chi connectivity index (χ0) is 26.8. The van der Waals surface area contributed by atoms with Crippen molar-refractivity contribution in [1.29, 1.82) is 0 Å².